The first-order valence-corrected chi connectivity index (χ1v) is 7.01. The van der Waals surface area contributed by atoms with E-state index in [9.17, 15) is 0 Å². The molecule has 1 aromatic carbocycles. The smallest absolute Gasteiger partial charge is 0.124 e. The van der Waals surface area contributed by atoms with Gasteiger partial charge in [-0.2, -0.15) is 0 Å². The van der Waals surface area contributed by atoms with E-state index in [2.05, 4.69) is 15.9 Å². The van der Waals surface area contributed by atoms with E-state index >= 15 is 0 Å². The first-order valence-electron chi connectivity index (χ1n) is 5.51. The number of hydrogen-bond acceptors (Lipinski definition) is 2. The predicted octanol–water partition coefficient (Wildman–Crippen LogP) is 4.43. The SMILES string of the molecule is COC(C)(C)CCOc1cccc(Cl)c1CBr. The summed E-state index contributed by atoms with van der Waals surface area (Å²) in [6.07, 6.45) is 0.831. The minimum absolute atomic E-state index is 0.160. The predicted molar refractivity (Wildman–Crippen MR) is 75.3 cm³/mol. The molecule has 4 heteroatoms. The molecule has 0 N–H and O–H groups in total. The molecule has 0 aromatic heterocycles. The minimum atomic E-state index is -0.160. The number of hydrogen-bond donors (Lipinski definition) is 0. The summed E-state index contributed by atoms with van der Waals surface area (Å²) in [6, 6.07) is 5.69. The molecule has 0 saturated heterocycles. The molecule has 0 aliphatic heterocycles. The molecule has 0 fully saturated rings. The fraction of sp³-hybridized carbons (Fsp3) is 0.538. The lowest BCUT2D eigenvalue weighted by molar-refractivity contribution is 0.00540. The van der Waals surface area contributed by atoms with Gasteiger partial charge in [0.1, 0.15) is 5.75 Å². The molecule has 1 rings (SSSR count). The maximum absolute atomic E-state index is 6.09. The second-order valence-corrected chi connectivity index (χ2v) is 5.38. The summed E-state index contributed by atoms with van der Waals surface area (Å²) in [5, 5.41) is 1.42. The van der Waals surface area contributed by atoms with E-state index in [4.69, 9.17) is 21.1 Å². The van der Waals surface area contributed by atoms with Crippen molar-refractivity contribution in [3.8, 4) is 5.75 Å². The molecule has 0 aliphatic carbocycles. The van der Waals surface area contributed by atoms with Crippen LogP contribution in [0.25, 0.3) is 0 Å². The van der Waals surface area contributed by atoms with Crippen LogP contribution in [0.2, 0.25) is 5.02 Å². The molecule has 0 saturated carbocycles. The standard InChI is InChI=1S/C13H18BrClO2/c1-13(2,16-3)7-8-17-12-6-4-5-11(15)10(12)9-14/h4-6H,7-9H2,1-3H3. The van der Waals surface area contributed by atoms with Crippen LogP contribution in [0, 0.1) is 0 Å². The Labute approximate surface area is 116 Å². The molecule has 0 aliphatic rings. The third kappa shape index (κ3) is 4.49. The molecule has 0 heterocycles. The molecule has 0 amide bonds. The topological polar surface area (TPSA) is 18.5 Å². The normalized spacial score (nSPS) is 11.6. The summed E-state index contributed by atoms with van der Waals surface area (Å²) >= 11 is 9.51. The summed E-state index contributed by atoms with van der Waals surface area (Å²) in [6.45, 7) is 4.70. The van der Waals surface area contributed by atoms with Crippen LogP contribution in [-0.2, 0) is 10.1 Å². The van der Waals surface area contributed by atoms with E-state index in [-0.39, 0.29) is 5.60 Å². The molecule has 0 spiro atoms. The lowest BCUT2D eigenvalue weighted by Gasteiger charge is -2.23. The van der Waals surface area contributed by atoms with Gasteiger partial charge >= 0.3 is 0 Å². The molecule has 0 radical (unpaired) electrons. The summed E-state index contributed by atoms with van der Waals surface area (Å²) in [5.74, 6) is 0.835. The van der Waals surface area contributed by atoms with Gasteiger partial charge in [0.2, 0.25) is 0 Å². The summed E-state index contributed by atoms with van der Waals surface area (Å²) in [5.41, 5.74) is 0.831. The number of alkyl halides is 1. The van der Waals surface area contributed by atoms with E-state index in [0.29, 0.717) is 11.9 Å². The van der Waals surface area contributed by atoms with Gasteiger partial charge in [-0.15, -0.1) is 0 Å². The summed E-state index contributed by atoms with van der Waals surface area (Å²) in [4.78, 5) is 0. The lowest BCUT2D eigenvalue weighted by Crippen LogP contribution is -2.25. The fourth-order valence-corrected chi connectivity index (χ4v) is 2.29. The zero-order chi connectivity index (χ0) is 12.9. The average molecular weight is 322 g/mol. The van der Waals surface area contributed by atoms with Crippen LogP contribution in [0.1, 0.15) is 25.8 Å². The van der Waals surface area contributed by atoms with Crippen molar-refractivity contribution in [2.24, 2.45) is 0 Å². The number of ether oxygens (including phenoxy) is 2. The number of methoxy groups -OCH3 is 1. The Morgan fingerprint density at radius 2 is 2.06 bits per heavy atom. The first-order chi connectivity index (χ1) is 8.00. The molecular weight excluding hydrogens is 303 g/mol. The quantitative estimate of drug-likeness (QED) is 0.722. The van der Waals surface area contributed by atoms with Crippen LogP contribution in [0.3, 0.4) is 0 Å². The van der Waals surface area contributed by atoms with Gasteiger partial charge < -0.3 is 9.47 Å². The van der Waals surface area contributed by atoms with Gasteiger partial charge in [-0.1, -0.05) is 33.6 Å². The van der Waals surface area contributed by atoms with Crippen LogP contribution in [0.4, 0.5) is 0 Å². The second-order valence-electron chi connectivity index (χ2n) is 4.41. The van der Waals surface area contributed by atoms with Gasteiger partial charge in [-0.3, -0.25) is 0 Å². The Balaban J connectivity index is 2.61. The number of rotatable bonds is 6. The average Bonchev–Trinajstić information content (AvgIpc) is 2.29. The Bertz CT molecular complexity index is 366. The van der Waals surface area contributed by atoms with E-state index in [1.807, 2.05) is 32.0 Å². The van der Waals surface area contributed by atoms with Crippen LogP contribution in [-0.4, -0.2) is 19.3 Å². The maximum Gasteiger partial charge on any atom is 0.124 e. The molecule has 96 valence electrons. The fourth-order valence-electron chi connectivity index (χ4n) is 1.31. The third-order valence-electron chi connectivity index (χ3n) is 2.72. The summed E-state index contributed by atoms with van der Waals surface area (Å²) in [7, 11) is 1.71. The summed E-state index contributed by atoms with van der Waals surface area (Å²) < 4.78 is 11.1. The molecule has 0 unspecified atom stereocenters. The highest BCUT2D eigenvalue weighted by molar-refractivity contribution is 9.08. The third-order valence-corrected chi connectivity index (χ3v) is 3.64. The van der Waals surface area contributed by atoms with Gasteiger partial charge in [-0.05, 0) is 26.0 Å². The van der Waals surface area contributed by atoms with Gasteiger partial charge in [0.25, 0.3) is 0 Å². The van der Waals surface area contributed by atoms with Crippen LogP contribution < -0.4 is 4.74 Å². The molecule has 0 atom stereocenters. The van der Waals surface area contributed by atoms with Gasteiger partial charge in [0.15, 0.2) is 0 Å². The van der Waals surface area contributed by atoms with Gasteiger partial charge in [0, 0.05) is 29.4 Å². The Kier molecular flexibility index (Phi) is 5.77. The lowest BCUT2D eigenvalue weighted by atomic mass is 10.1. The highest BCUT2D eigenvalue weighted by Crippen LogP contribution is 2.29. The van der Waals surface area contributed by atoms with Crippen molar-refractivity contribution < 1.29 is 9.47 Å². The molecule has 1 aromatic rings. The maximum atomic E-state index is 6.09. The first kappa shape index (κ1) is 14.8. The van der Waals surface area contributed by atoms with Crippen molar-refractivity contribution in [3.63, 3.8) is 0 Å². The number of benzene rings is 1. The highest BCUT2D eigenvalue weighted by atomic mass is 79.9. The van der Waals surface area contributed by atoms with E-state index in [1.165, 1.54) is 0 Å². The monoisotopic (exact) mass is 320 g/mol. The number of halogens is 2. The Morgan fingerprint density at radius 3 is 2.65 bits per heavy atom. The van der Waals surface area contributed by atoms with Crippen molar-refractivity contribution in [1.82, 2.24) is 0 Å². The van der Waals surface area contributed by atoms with E-state index in [1.54, 1.807) is 7.11 Å². The van der Waals surface area contributed by atoms with Gasteiger partial charge in [-0.25, -0.2) is 0 Å². The minimum Gasteiger partial charge on any atom is -0.493 e. The molecule has 2 nitrogen and oxygen atoms in total. The van der Waals surface area contributed by atoms with Crippen LogP contribution in [0.5, 0.6) is 5.75 Å². The Hall–Kier alpha value is -0.250. The molecular formula is C13H18BrClO2. The molecule has 0 bridgehead atoms. The molecule has 17 heavy (non-hydrogen) atoms. The van der Waals surface area contributed by atoms with E-state index in [0.717, 1.165) is 22.8 Å². The Morgan fingerprint density at radius 1 is 1.35 bits per heavy atom. The van der Waals surface area contributed by atoms with Crippen molar-refractivity contribution in [2.75, 3.05) is 13.7 Å². The van der Waals surface area contributed by atoms with Crippen molar-refractivity contribution in [1.29, 1.82) is 0 Å². The largest absolute Gasteiger partial charge is 0.493 e. The van der Waals surface area contributed by atoms with Crippen molar-refractivity contribution in [3.05, 3.63) is 28.8 Å². The van der Waals surface area contributed by atoms with Crippen LogP contribution >= 0.6 is 27.5 Å². The zero-order valence-corrected chi connectivity index (χ0v) is 12.8. The van der Waals surface area contributed by atoms with E-state index < -0.39 is 0 Å². The highest BCUT2D eigenvalue weighted by Gasteiger charge is 2.16. The van der Waals surface area contributed by atoms with Crippen LogP contribution in [0.15, 0.2) is 18.2 Å². The second kappa shape index (κ2) is 6.62. The van der Waals surface area contributed by atoms with Crippen molar-refractivity contribution >= 4 is 27.5 Å². The zero-order valence-electron chi connectivity index (χ0n) is 10.4. The van der Waals surface area contributed by atoms with Crippen molar-refractivity contribution in [2.45, 2.75) is 31.2 Å². The van der Waals surface area contributed by atoms with Gasteiger partial charge in [0.05, 0.1) is 12.2 Å².